The van der Waals surface area contributed by atoms with Gasteiger partial charge in [0.2, 0.25) is 6.10 Å². The maximum absolute atomic E-state index is 13.2. The van der Waals surface area contributed by atoms with E-state index in [1.54, 1.807) is 48.5 Å². The summed E-state index contributed by atoms with van der Waals surface area (Å²) in [6.07, 6.45) is -5.23. The third kappa shape index (κ3) is 7.05. The average molecular weight is 496 g/mol. The number of ether oxygens (including phenoxy) is 1. The highest BCUT2D eigenvalue weighted by Gasteiger charge is 2.36. The number of alkyl halides is 3. The number of rotatable bonds is 8. The van der Waals surface area contributed by atoms with Crippen molar-refractivity contribution in [3.8, 4) is 0 Å². The number of nitrogens with one attached hydrogen (secondary N) is 2. The lowest BCUT2D eigenvalue weighted by Gasteiger charge is -2.19. The van der Waals surface area contributed by atoms with Crippen LogP contribution < -0.4 is 10.6 Å². The molecule has 3 rings (SSSR count). The van der Waals surface area contributed by atoms with Gasteiger partial charge in [-0.2, -0.15) is 13.2 Å². The average Bonchev–Trinajstić information content (AvgIpc) is 2.81. The van der Waals surface area contributed by atoms with Crippen LogP contribution in [0.4, 0.5) is 24.5 Å². The number of para-hydroxylation sites is 1. The molecule has 2 N–H and O–H groups in total. The van der Waals surface area contributed by atoms with E-state index in [2.05, 4.69) is 10.6 Å². The Morgan fingerprint density at radius 3 is 2.14 bits per heavy atom. The lowest BCUT2D eigenvalue weighted by atomic mass is 10.1. The Bertz CT molecular complexity index is 1270. The number of esters is 1. The summed E-state index contributed by atoms with van der Waals surface area (Å²) in [6, 6.07) is 19.8. The summed E-state index contributed by atoms with van der Waals surface area (Å²) >= 11 is 0. The summed E-state index contributed by atoms with van der Waals surface area (Å²) < 4.78 is 42.8. The smallest absolute Gasteiger partial charge is 0.444 e. The molecule has 1 atom stereocenters. The van der Waals surface area contributed by atoms with E-state index in [1.165, 1.54) is 18.2 Å². The summed E-state index contributed by atoms with van der Waals surface area (Å²) in [5.41, 5.74) is 2.90. The fraction of sp³-hybridized carbons (Fsp3) is 0.148. The molecular formula is C27H23F3N2O4. The number of hydrogen-bond acceptors (Lipinski definition) is 5. The van der Waals surface area contributed by atoms with Crippen LogP contribution in [-0.4, -0.2) is 23.8 Å². The SMILES string of the molecule is Cc1cc(C)cc(NC(=O)C(OC(=O)c2ccccc2NC=CC(=O)C(F)(F)F)c2ccccc2)c1. The molecule has 0 aliphatic rings. The zero-order valence-electron chi connectivity index (χ0n) is 19.4. The maximum Gasteiger partial charge on any atom is 0.454 e. The number of aryl methyl sites for hydroxylation is 2. The lowest BCUT2D eigenvalue weighted by Crippen LogP contribution is -2.26. The fourth-order valence-electron chi connectivity index (χ4n) is 3.41. The van der Waals surface area contributed by atoms with Gasteiger partial charge in [0.05, 0.1) is 11.3 Å². The normalized spacial score (nSPS) is 12.1. The molecule has 0 bridgehead atoms. The Labute approximate surface area is 205 Å². The Kier molecular flexibility index (Phi) is 8.26. The van der Waals surface area contributed by atoms with Gasteiger partial charge in [-0.3, -0.25) is 9.59 Å². The van der Waals surface area contributed by atoms with Crippen molar-refractivity contribution in [2.75, 3.05) is 10.6 Å². The molecule has 0 saturated carbocycles. The first-order valence-corrected chi connectivity index (χ1v) is 10.8. The third-order valence-corrected chi connectivity index (χ3v) is 4.95. The highest BCUT2D eigenvalue weighted by atomic mass is 19.4. The number of amides is 1. The monoisotopic (exact) mass is 496 g/mol. The van der Waals surface area contributed by atoms with E-state index in [9.17, 15) is 27.6 Å². The van der Waals surface area contributed by atoms with Gasteiger partial charge in [0.25, 0.3) is 11.7 Å². The largest absolute Gasteiger partial charge is 0.454 e. The van der Waals surface area contributed by atoms with Crippen molar-refractivity contribution >= 4 is 29.0 Å². The minimum Gasteiger partial charge on any atom is -0.444 e. The molecule has 0 fully saturated rings. The number of carbonyl (C=O) groups excluding carboxylic acids is 3. The van der Waals surface area contributed by atoms with Crippen molar-refractivity contribution in [2.24, 2.45) is 0 Å². The molecule has 186 valence electrons. The van der Waals surface area contributed by atoms with Crippen molar-refractivity contribution < 1.29 is 32.3 Å². The number of allylic oxidation sites excluding steroid dienone is 1. The zero-order valence-corrected chi connectivity index (χ0v) is 19.4. The molecule has 36 heavy (non-hydrogen) atoms. The van der Waals surface area contributed by atoms with Crippen LogP contribution >= 0.6 is 0 Å². The number of ketones is 1. The standard InChI is InChI=1S/C27H23F3N2O4/c1-17-14-18(2)16-20(15-17)32-25(34)24(19-8-4-3-5-9-19)36-26(35)21-10-6-7-11-22(21)31-13-12-23(33)27(28,29)30/h3-16,24,31H,1-2H3,(H,32,34). The molecule has 1 amide bonds. The van der Waals surface area contributed by atoms with E-state index < -0.39 is 29.9 Å². The van der Waals surface area contributed by atoms with Crippen LogP contribution in [-0.2, 0) is 14.3 Å². The second kappa shape index (κ2) is 11.4. The zero-order chi connectivity index (χ0) is 26.3. The van der Waals surface area contributed by atoms with Gasteiger partial charge >= 0.3 is 12.1 Å². The minimum absolute atomic E-state index is 0.0401. The van der Waals surface area contributed by atoms with E-state index in [0.717, 1.165) is 17.3 Å². The van der Waals surface area contributed by atoms with Crippen molar-refractivity contribution in [3.05, 3.63) is 107 Å². The summed E-state index contributed by atoms with van der Waals surface area (Å²) in [5, 5.41) is 5.26. The second-order valence-corrected chi connectivity index (χ2v) is 7.95. The van der Waals surface area contributed by atoms with E-state index in [1.807, 2.05) is 19.9 Å². The number of carbonyl (C=O) groups is 3. The first-order valence-electron chi connectivity index (χ1n) is 10.8. The minimum atomic E-state index is -5.01. The summed E-state index contributed by atoms with van der Waals surface area (Å²) in [5.74, 6) is -3.53. The quantitative estimate of drug-likeness (QED) is 0.300. The van der Waals surface area contributed by atoms with Crippen LogP contribution in [0.15, 0.2) is 85.1 Å². The van der Waals surface area contributed by atoms with Gasteiger partial charge in [0, 0.05) is 23.5 Å². The Balaban J connectivity index is 1.84. The molecule has 9 heteroatoms. The van der Waals surface area contributed by atoms with E-state index in [4.69, 9.17) is 4.74 Å². The van der Waals surface area contributed by atoms with Gasteiger partial charge in [-0.1, -0.05) is 48.5 Å². The highest BCUT2D eigenvalue weighted by Crippen LogP contribution is 2.25. The number of hydrogen-bond donors (Lipinski definition) is 2. The van der Waals surface area contributed by atoms with Crippen LogP contribution in [0.3, 0.4) is 0 Å². The van der Waals surface area contributed by atoms with Gasteiger partial charge in [-0.25, -0.2) is 4.79 Å². The predicted molar refractivity (Wildman–Crippen MR) is 129 cm³/mol. The van der Waals surface area contributed by atoms with Gasteiger partial charge in [-0.15, -0.1) is 0 Å². The molecule has 0 radical (unpaired) electrons. The van der Waals surface area contributed by atoms with Crippen molar-refractivity contribution in [1.82, 2.24) is 0 Å². The van der Waals surface area contributed by atoms with Crippen molar-refractivity contribution in [1.29, 1.82) is 0 Å². The highest BCUT2D eigenvalue weighted by molar-refractivity contribution is 6.00. The molecule has 0 aliphatic carbocycles. The number of halogens is 3. The maximum atomic E-state index is 13.2. The molecule has 0 spiro atoms. The first kappa shape index (κ1) is 26.2. The van der Waals surface area contributed by atoms with E-state index >= 15 is 0 Å². The van der Waals surface area contributed by atoms with Crippen LogP contribution in [0.25, 0.3) is 0 Å². The predicted octanol–water partition coefficient (Wildman–Crippen LogP) is 5.90. The van der Waals surface area contributed by atoms with Gasteiger partial charge in [0.15, 0.2) is 0 Å². The summed E-state index contributed by atoms with van der Waals surface area (Å²) in [7, 11) is 0. The molecule has 0 aromatic heterocycles. The van der Waals surface area contributed by atoms with Gasteiger partial charge in [-0.05, 0) is 49.2 Å². The first-order chi connectivity index (χ1) is 17.0. The molecule has 6 nitrogen and oxygen atoms in total. The van der Waals surface area contributed by atoms with Crippen LogP contribution in [0.1, 0.15) is 33.2 Å². The Morgan fingerprint density at radius 1 is 0.889 bits per heavy atom. The van der Waals surface area contributed by atoms with Crippen LogP contribution in [0.5, 0.6) is 0 Å². The van der Waals surface area contributed by atoms with Crippen LogP contribution in [0.2, 0.25) is 0 Å². The molecular weight excluding hydrogens is 473 g/mol. The molecule has 3 aromatic carbocycles. The molecule has 0 aliphatic heterocycles. The lowest BCUT2D eigenvalue weighted by molar-refractivity contribution is -0.165. The van der Waals surface area contributed by atoms with Gasteiger partial charge in [0.1, 0.15) is 0 Å². The van der Waals surface area contributed by atoms with Crippen molar-refractivity contribution in [3.63, 3.8) is 0 Å². The molecule has 0 heterocycles. The fourth-order valence-corrected chi connectivity index (χ4v) is 3.41. The van der Waals surface area contributed by atoms with Crippen LogP contribution in [0, 0.1) is 13.8 Å². The van der Waals surface area contributed by atoms with E-state index in [0.29, 0.717) is 17.3 Å². The number of benzene rings is 3. The number of anilines is 2. The van der Waals surface area contributed by atoms with Gasteiger partial charge < -0.3 is 15.4 Å². The Morgan fingerprint density at radius 2 is 1.50 bits per heavy atom. The van der Waals surface area contributed by atoms with Crippen molar-refractivity contribution in [2.45, 2.75) is 26.1 Å². The second-order valence-electron chi connectivity index (χ2n) is 7.95. The molecule has 1 unspecified atom stereocenters. The summed E-state index contributed by atoms with van der Waals surface area (Å²) in [4.78, 5) is 37.3. The third-order valence-electron chi connectivity index (χ3n) is 4.95. The topological polar surface area (TPSA) is 84.5 Å². The molecule has 3 aromatic rings. The summed E-state index contributed by atoms with van der Waals surface area (Å²) in [6.45, 7) is 3.77. The Hall–Kier alpha value is -4.40. The molecule has 0 saturated heterocycles. The van der Waals surface area contributed by atoms with E-state index in [-0.39, 0.29) is 11.3 Å².